The van der Waals surface area contributed by atoms with Gasteiger partial charge >= 0.3 is 5.97 Å². The van der Waals surface area contributed by atoms with Crippen molar-refractivity contribution in [1.29, 1.82) is 0 Å². The number of phenolic OH excluding ortho intramolecular Hbond substituents is 1. The van der Waals surface area contributed by atoms with Gasteiger partial charge in [0.15, 0.2) is 5.78 Å². The fourth-order valence-corrected chi connectivity index (χ4v) is 4.86. The Balaban J connectivity index is 1.71. The van der Waals surface area contributed by atoms with Gasteiger partial charge in [0, 0.05) is 40.9 Å². The Hall–Kier alpha value is -3.09. The van der Waals surface area contributed by atoms with Gasteiger partial charge in [-0.25, -0.2) is 4.79 Å². The summed E-state index contributed by atoms with van der Waals surface area (Å²) in [5.41, 5.74) is 4.08. The van der Waals surface area contributed by atoms with Crippen LogP contribution in [0.2, 0.25) is 5.02 Å². The number of phenols is 1. The zero-order chi connectivity index (χ0) is 24.2. The first-order valence-corrected chi connectivity index (χ1v) is 11.8. The maximum atomic E-state index is 13.5. The van der Waals surface area contributed by atoms with Crippen LogP contribution in [0.1, 0.15) is 49.7 Å². The predicted octanol–water partition coefficient (Wildman–Crippen LogP) is 4.99. The molecule has 178 valence electrons. The standard InChI is InChI=1S/C27H28ClNO5/c1-3-33-11-12-34-27(32)24-16(2)29-22-14-19(17-7-9-20(28)10-8-17)15-23(31)26(22)25(24)18-5-4-6-21(30)13-18/h4-10,13,19,25,29-30H,3,11-12,14-15H2,1-2H3/t19-,25-/m0/s1. The van der Waals surface area contributed by atoms with E-state index >= 15 is 0 Å². The van der Waals surface area contributed by atoms with E-state index < -0.39 is 11.9 Å². The third kappa shape index (κ3) is 5.03. The fraction of sp³-hybridized carbons (Fsp3) is 0.333. The van der Waals surface area contributed by atoms with Gasteiger partial charge in [-0.2, -0.15) is 0 Å². The lowest BCUT2D eigenvalue weighted by molar-refractivity contribution is -0.140. The lowest BCUT2D eigenvalue weighted by Gasteiger charge is -2.36. The predicted molar refractivity (Wildman–Crippen MR) is 130 cm³/mol. The number of rotatable bonds is 7. The molecule has 0 saturated carbocycles. The molecule has 7 heteroatoms. The highest BCUT2D eigenvalue weighted by atomic mass is 35.5. The van der Waals surface area contributed by atoms with Gasteiger partial charge < -0.3 is 19.9 Å². The second-order valence-electron chi connectivity index (χ2n) is 8.50. The van der Waals surface area contributed by atoms with Crippen LogP contribution in [0.15, 0.2) is 71.1 Å². The van der Waals surface area contributed by atoms with E-state index in [4.69, 9.17) is 21.1 Å². The van der Waals surface area contributed by atoms with E-state index in [1.54, 1.807) is 18.2 Å². The SMILES string of the molecule is CCOCCOC(=O)C1=C(C)NC2=C(C(=O)C[C@@H](c3ccc(Cl)cc3)C2)[C@H]1c1cccc(O)c1. The van der Waals surface area contributed by atoms with E-state index in [2.05, 4.69) is 5.32 Å². The molecule has 34 heavy (non-hydrogen) atoms. The van der Waals surface area contributed by atoms with Crippen molar-refractivity contribution in [2.45, 2.75) is 38.5 Å². The van der Waals surface area contributed by atoms with Crippen LogP contribution < -0.4 is 5.32 Å². The van der Waals surface area contributed by atoms with Gasteiger partial charge in [0.25, 0.3) is 0 Å². The number of hydrogen-bond donors (Lipinski definition) is 2. The summed E-state index contributed by atoms with van der Waals surface area (Å²) in [5.74, 6) is -1.08. The summed E-state index contributed by atoms with van der Waals surface area (Å²) in [6.45, 7) is 4.64. The molecule has 0 spiro atoms. The first-order valence-electron chi connectivity index (χ1n) is 11.4. The van der Waals surface area contributed by atoms with E-state index in [0.29, 0.717) is 53.5 Å². The molecule has 2 aromatic carbocycles. The van der Waals surface area contributed by atoms with Crippen molar-refractivity contribution >= 4 is 23.4 Å². The smallest absolute Gasteiger partial charge is 0.336 e. The Kier molecular flexibility index (Phi) is 7.39. The Labute approximate surface area is 204 Å². The van der Waals surface area contributed by atoms with Crippen LogP contribution in [0.5, 0.6) is 5.75 Å². The van der Waals surface area contributed by atoms with E-state index in [1.807, 2.05) is 44.2 Å². The minimum Gasteiger partial charge on any atom is -0.508 e. The van der Waals surface area contributed by atoms with Crippen molar-refractivity contribution in [2.24, 2.45) is 0 Å². The number of Topliss-reactive ketones (excluding diaryl/α,β-unsaturated/α-hetero) is 1. The minimum absolute atomic E-state index is 0.00772. The normalized spacial score (nSPS) is 20.1. The number of ether oxygens (including phenoxy) is 2. The van der Waals surface area contributed by atoms with Crippen LogP contribution in [0, 0.1) is 0 Å². The molecule has 0 amide bonds. The Morgan fingerprint density at radius 1 is 1.12 bits per heavy atom. The fourth-order valence-electron chi connectivity index (χ4n) is 4.73. The summed E-state index contributed by atoms with van der Waals surface area (Å²) >= 11 is 6.04. The van der Waals surface area contributed by atoms with Crippen molar-refractivity contribution in [1.82, 2.24) is 5.32 Å². The van der Waals surface area contributed by atoms with Crippen molar-refractivity contribution in [2.75, 3.05) is 19.8 Å². The zero-order valence-electron chi connectivity index (χ0n) is 19.3. The van der Waals surface area contributed by atoms with E-state index in [1.165, 1.54) is 0 Å². The first-order chi connectivity index (χ1) is 16.4. The van der Waals surface area contributed by atoms with Gasteiger partial charge in [0.05, 0.1) is 12.2 Å². The third-order valence-corrected chi connectivity index (χ3v) is 6.51. The number of halogens is 1. The van der Waals surface area contributed by atoms with Gasteiger partial charge in [-0.05, 0) is 61.6 Å². The van der Waals surface area contributed by atoms with Crippen LogP contribution >= 0.6 is 11.6 Å². The quantitative estimate of drug-likeness (QED) is 0.428. The summed E-state index contributed by atoms with van der Waals surface area (Å²) in [6.07, 6.45) is 0.950. The van der Waals surface area contributed by atoms with Crippen molar-refractivity contribution in [3.8, 4) is 5.75 Å². The lowest BCUT2D eigenvalue weighted by atomic mass is 9.71. The molecular weight excluding hydrogens is 454 g/mol. The molecular formula is C27H28ClNO5. The summed E-state index contributed by atoms with van der Waals surface area (Å²) in [7, 11) is 0. The van der Waals surface area contributed by atoms with Crippen LogP contribution in [-0.2, 0) is 19.1 Å². The molecule has 1 aliphatic heterocycles. The summed E-state index contributed by atoms with van der Waals surface area (Å²) in [4.78, 5) is 26.7. The molecule has 2 N–H and O–H groups in total. The molecule has 0 radical (unpaired) electrons. The number of nitrogens with one attached hydrogen (secondary N) is 1. The highest BCUT2D eigenvalue weighted by Crippen LogP contribution is 2.46. The number of dihydropyridines is 1. The number of aromatic hydroxyl groups is 1. The molecule has 0 aromatic heterocycles. The molecule has 1 aliphatic carbocycles. The molecule has 0 bridgehead atoms. The van der Waals surface area contributed by atoms with Gasteiger partial charge in [0.1, 0.15) is 12.4 Å². The van der Waals surface area contributed by atoms with Gasteiger partial charge in [-0.15, -0.1) is 0 Å². The van der Waals surface area contributed by atoms with Crippen LogP contribution in [0.3, 0.4) is 0 Å². The number of hydrogen-bond acceptors (Lipinski definition) is 6. The Morgan fingerprint density at radius 2 is 1.88 bits per heavy atom. The second-order valence-corrected chi connectivity index (χ2v) is 8.93. The summed E-state index contributed by atoms with van der Waals surface area (Å²) in [5, 5.41) is 14.1. The third-order valence-electron chi connectivity index (χ3n) is 6.26. The molecule has 0 saturated heterocycles. The molecule has 2 atom stereocenters. The second kappa shape index (κ2) is 10.5. The monoisotopic (exact) mass is 481 g/mol. The zero-order valence-corrected chi connectivity index (χ0v) is 20.0. The van der Waals surface area contributed by atoms with Crippen molar-refractivity contribution < 1.29 is 24.2 Å². The Bertz CT molecular complexity index is 1150. The van der Waals surface area contributed by atoms with E-state index in [0.717, 1.165) is 11.3 Å². The summed E-state index contributed by atoms with van der Waals surface area (Å²) < 4.78 is 10.8. The number of benzene rings is 2. The van der Waals surface area contributed by atoms with Crippen LogP contribution in [0.25, 0.3) is 0 Å². The highest BCUT2D eigenvalue weighted by Gasteiger charge is 2.41. The molecule has 1 heterocycles. The summed E-state index contributed by atoms with van der Waals surface area (Å²) in [6, 6.07) is 14.3. The molecule has 2 aromatic rings. The van der Waals surface area contributed by atoms with Crippen molar-refractivity contribution in [3.63, 3.8) is 0 Å². The number of ketones is 1. The number of carbonyl (C=O) groups is 2. The topological polar surface area (TPSA) is 84.9 Å². The van der Waals surface area contributed by atoms with Gasteiger partial charge in [-0.1, -0.05) is 35.9 Å². The molecule has 4 rings (SSSR count). The average molecular weight is 482 g/mol. The highest BCUT2D eigenvalue weighted by molar-refractivity contribution is 6.30. The molecule has 6 nitrogen and oxygen atoms in total. The number of carbonyl (C=O) groups excluding carboxylic acids is 2. The minimum atomic E-state index is -0.624. The van der Waals surface area contributed by atoms with Crippen LogP contribution in [-0.4, -0.2) is 36.7 Å². The van der Waals surface area contributed by atoms with Gasteiger partial charge in [-0.3, -0.25) is 4.79 Å². The number of allylic oxidation sites excluding steroid dienone is 3. The first kappa shape index (κ1) is 24.0. The van der Waals surface area contributed by atoms with Gasteiger partial charge in [0.2, 0.25) is 0 Å². The molecule has 2 aliphatic rings. The van der Waals surface area contributed by atoms with E-state index in [9.17, 15) is 14.7 Å². The molecule has 0 unspecified atom stereocenters. The molecule has 0 fully saturated rings. The maximum Gasteiger partial charge on any atom is 0.336 e. The van der Waals surface area contributed by atoms with Crippen molar-refractivity contribution in [3.05, 3.63) is 87.2 Å². The Morgan fingerprint density at radius 3 is 2.59 bits per heavy atom. The van der Waals surface area contributed by atoms with Crippen LogP contribution in [0.4, 0.5) is 0 Å². The largest absolute Gasteiger partial charge is 0.508 e. The lowest BCUT2D eigenvalue weighted by Crippen LogP contribution is -2.36. The average Bonchev–Trinajstić information content (AvgIpc) is 2.81. The van der Waals surface area contributed by atoms with E-state index in [-0.39, 0.29) is 24.1 Å². The maximum absolute atomic E-state index is 13.5. The number of esters is 1.